The fourth-order valence-electron chi connectivity index (χ4n) is 0.905. The summed E-state index contributed by atoms with van der Waals surface area (Å²) in [5.41, 5.74) is 0. The van der Waals surface area contributed by atoms with E-state index < -0.39 is 26.3 Å². The first-order chi connectivity index (χ1) is 7.23. The second kappa shape index (κ2) is 5.16. The van der Waals surface area contributed by atoms with Gasteiger partial charge >= 0.3 is 6.61 Å². The third-order valence-electron chi connectivity index (χ3n) is 1.48. The van der Waals surface area contributed by atoms with Crippen LogP contribution in [-0.2, 0) is 9.05 Å². The molecule has 16 heavy (non-hydrogen) atoms. The third kappa shape index (κ3) is 3.28. The molecule has 0 spiro atoms. The molecule has 0 aliphatic carbocycles. The Balaban J connectivity index is 3.45. The highest BCUT2D eigenvalue weighted by Crippen LogP contribution is 2.39. The first kappa shape index (κ1) is 14.1. The van der Waals surface area contributed by atoms with Gasteiger partial charge in [-0.25, -0.2) is 8.42 Å². The van der Waals surface area contributed by atoms with Crippen molar-refractivity contribution in [2.45, 2.75) is 11.5 Å². The number of hydrogen-bond donors (Lipinski definition) is 0. The highest BCUT2D eigenvalue weighted by Gasteiger charge is 2.23. The van der Waals surface area contributed by atoms with Crippen molar-refractivity contribution in [1.29, 1.82) is 0 Å². The van der Waals surface area contributed by atoms with Crippen molar-refractivity contribution in [3.05, 3.63) is 21.1 Å². The van der Waals surface area contributed by atoms with Gasteiger partial charge < -0.3 is 4.74 Å². The van der Waals surface area contributed by atoms with E-state index in [0.29, 0.717) is 4.47 Å². The van der Waals surface area contributed by atoms with Crippen molar-refractivity contribution in [2.75, 3.05) is 0 Å². The molecular formula is C7H3Br2ClF2O3S. The SMILES string of the molecule is O=S(=O)(Cl)c1ccc(Br)c(Br)c1OC(F)F. The molecular weight excluding hydrogens is 397 g/mol. The summed E-state index contributed by atoms with van der Waals surface area (Å²) in [5, 5.41) is 0. The minimum absolute atomic E-state index is 0.0505. The van der Waals surface area contributed by atoms with Gasteiger partial charge in [-0.15, -0.1) is 0 Å². The van der Waals surface area contributed by atoms with E-state index in [9.17, 15) is 17.2 Å². The molecule has 3 nitrogen and oxygen atoms in total. The van der Waals surface area contributed by atoms with Gasteiger partial charge in [0.1, 0.15) is 4.90 Å². The molecule has 0 saturated heterocycles. The molecule has 0 aliphatic rings. The molecule has 9 heteroatoms. The predicted octanol–water partition coefficient (Wildman–Crippen LogP) is 3.74. The van der Waals surface area contributed by atoms with E-state index in [4.69, 9.17) is 10.7 Å². The van der Waals surface area contributed by atoms with Gasteiger partial charge in [0.25, 0.3) is 9.05 Å². The molecule has 0 fully saturated rings. The van der Waals surface area contributed by atoms with Crippen molar-refractivity contribution >= 4 is 51.6 Å². The highest BCUT2D eigenvalue weighted by molar-refractivity contribution is 9.13. The topological polar surface area (TPSA) is 43.4 Å². The number of hydrogen-bond acceptors (Lipinski definition) is 3. The summed E-state index contributed by atoms with van der Waals surface area (Å²) < 4.78 is 50.9. The van der Waals surface area contributed by atoms with Gasteiger partial charge in [-0.2, -0.15) is 8.78 Å². The molecule has 0 aromatic heterocycles. The van der Waals surface area contributed by atoms with Crippen LogP contribution >= 0.6 is 42.5 Å². The maximum Gasteiger partial charge on any atom is 0.387 e. The molecule has 1 rings (SSSR count). The minimum Gasteiger partial charge on any atom is -0.432 e. The number of rotatable bonds is 3. The summed E-state index contributed by atoms with van der Waals surface area (Å²) in [4.78, 5) is -0.524. The van der Waals surface area contributed by atoms with Crippen LogP contribution in [0, 0.1) is 0 Å². The van der Waals surface area contributed by atoms with E-state index in [-0.39, 0.29) is 4.47 Å². The molecule has 0 atom stereocenters. The van der Waals surface area contributed by atoms with Gasteiger partial charge in [0.15, 0.2) is 5.75 Å². The summed E-state index contributed by atoms with van der Waals surface area (Å²) in [5.74, 6) is -0.528. The van der Waals surface area contributed by atoms with Gasteiger partial charge in [0.05, 0.1) is 4.47 Å². The second-order valence-corrected chi connectivity index (χ2v) is 6.69. The van der Waals surface area contributed by atoms with Crippen molar-refractivity contribution in [2.24, 2.45) is 0 Å². The number of ether oxygens (including phenoxy) is 1. The number of halogens is 5. The van der Waals surface area contributed by atoms with E-state index in [1.807, 2.05) is 0 Å². The third-order valence-corrected chi connectivity index (χ3v) is 4.81. The predicted molar refractivity (Wildman–Crippen MR) is 61.5 cm³/mol. The maximum absolute atomic E-state index is 12.1. The number of alkyl halides is 2. The Bertz CT molecular complexity index is 507. The van der Waals surface area contributed by atoms with Crippen LogP contribution in [0.3, 0.4) is 0 Å². The van der Waals surface area contributed by atoms with E-state index in [1.54, 1.807) is 0 Å². The molecule has 0 N–H and O–H groups in total. The largest absolute Gasteiger partial charge is 0.432 e. The standard InChI is InChI=1S/C7H3Br2ClF2O3S/c8-3-1-2-4(16(10,13)14)6(5(3)9)15-7(11)12/h1-2,7H. The maximum atomic E-state index is 12.1. The molecule has 0 bridgehead atoms. The lowest BCUT2D eigenvalue weighted by molar-refractivity contribution is -0.0523. The molecule has 90 valence electrons. The Hall–Kier alpha value is 0.0800. The monoisotopic (exact) mass is 398 g/mol. The van der Waals surface area contributed by atoms with E-state index in [2.05, 4.69) is 36.6 Å². The molecule has 1 aromatic carbocycles. The smallest absolute Gasteiger partial charge is 0.387 e. The highest BCUT2D eigenvalue weighted by atomic mass is 79.9. The molecule has 0 saturated carbocycles. The van der Waals surface area contributed by atoms with E-state index in [0.717, 1.165) is 6.07 Å². The van der Waals surface area contributed by atoms with E-state index >= 15 is 0 Å². The first-order valence-electron chi connectivity index (χ1n) is 3.61. The van der Waals surface area contributed by atoms with Crippen molar-refractivity contribution in [1.82, 2.24) is 0 Å². The Kier molecular flexibility index (Phi) is 4.56. The van der Waals surface area contributed by atoms with Gasteiger partial charge in [0.2, 0.25) is 0 Å². The van der Waals surface area contributed by atoms with Gasteiger partial charge in [-0.3, -0.25) is 0 Å². The zero-order valence-electron chi connectivity index (χ0n) is 7.25. The lowest BCUT2D eigenvalue weighted by atomic mass is 10.3. The van der Waals surface area contributed by atoms with Crippen LogP contribution in [0.25, 0.3) is 0 Å². The van der Waals surface area contributed by atoms with Crippen LogP contribution in [0.1, 0.15) is 0 Å². The minimum atomic E-state index is -4.16. The Morgan fingerprint density at radius 2 is 1.88 bits per heavy atom. The van der Waals surface area contributed by atoms with Crippen molar-refractivity contribution in [3.63, 3.8) is 0 Å². The average Bonchev–Trinajstić information content (AvgIpc) is 2.10. The normalized spacial score (nSPS) is 11.9. The zero-order chi connectivity index (χ0) is 12.5. The molecule has 0 unspecified atom stereocenters. The lowest BCUT2D eigenvalue weighted by Gasteiger charge is -2.11. The molecule has 0 amide bonds. The summed E-state index contributed by atoms with van der Waals surface area (Å²) >= 11 is 5.95. The first-order valence-corrected chi connectivity index (χ1v) is 7.50. The van der Waals surface area contributed by atoms with Gasteiger partial charge in [-0.05, 0) is 44.0 Å². The zero-order valence-corrected chi connectivity index (χ0v) is 12.0. The van der Waals surface area contributed by atoms with Crippen LogP contribution in [0.4, 0.5) is 8.78 Å². The molecule has 0 aliphatic heterocycles. The number of benzene rings is 1. The Labute approximate surface area is 111 Å². The van der Waals surface area contributed by atoms with Crippen LogP contribution in [0.2, 0.25) is 0 Å². The Morgan fingerprint density at radius 1 is 1.31 bits per heavy atom. The van der Waals surface area contributed by atoms with Crippen molar-refractivity contribution < 1.29 is 21.9 Å². The van der Waals surface area contributed by atoms with E-state index in [1.165, 1.54) is 6.07 Å². The second-order valence-electron chi connectivity index (χ2n) is 2.50. The van der Waals surface area contributed by atoms with Crippen LogP contribution in [-0.4, -0.2) is 15.0 Å². The average molecular weight is 400 g/mol. The summed E-state index contributed by atoms with van der Waals surface area (Å²) in [6, 6.07) is 2.41. The summed E-state index contributed by atoms with van der Waals surface area (Å²) in [6.45, 7) is -3.15. The lowest BCUT2D eigenvalue weighted by Crippen LogP contribution is -2.06. The summed E-state index contributed by atoms with van der Waals surface area (Å²) in [6.07, 6.45) is 0. The van der Waals surface area contributed by atoms with Crippen LogP contribution < -0.4 is 4.74 Å². The molecule has 0 radical (unpaired) electrons. The quantitative estimate of drug-likeness (QED) is 0.726. The molecule has 1 aromatic rings. The fraction of sp³-hybridized carbons (Fsp3) is 0.143. The Morgan fingerprint density at radius 3 is 2.31 bits per heavy atom. The fourth-order valence-corrected chi connectivity index (χ4v) is 2.75. The summed E-state index contributed by atoms with van der Waals surface area (Å²) in [7, 11) is 0.927. The van der Waals surface area contributed by atoms with Gasteiger partial charge in [-0.1, -0.05) is 0 Å². The van der Waals surface area contributed by atoms with Gasteiger partial charge in [0, 0.05) is 15.2 Å². The molecule has 0 heterocycles. The van der Waals surface area contributed by atoms with Crippen LogP contribution in [0.5, 0.6) is 5.75 Å². The van der Waals surface area contributed by atoms with Crippen molar-refractivity contribution in [3.8, 4) is 5.75 Å². The van der Waals surface area contributed by atoms with Crippen LogP contribution in [0.15, 0.2) is 26.0 Å².